The number of benzene rings is 1. The van der Waals surface area contributed by atoms with E-state index in [-0.39, 0.29) is 6.04 Å². The lowest BCUT2D eigenvalue weighted by Gasteiger charge is -2.24. The summed E-state index contributed by atoms with van der Waals surface area (Å²) >= 11 is 0. The lowest BCUT2D eigenvalue weighted by atomic mass is 10.0. The number of rotatable bonds is 2. The molecule has 1 aromatic carbocycles. The third-order valence-electron chi connectivity index (χ3n) is 3.31. The summed E-state index contributed by atoms with van der Waals surface area (Å²) in [6, 6.07) is 8.28. The van der Waals surface area contributed by atoms with Crippen LogP contribution in [-0.2, 0) is 6.42 Å². The molecule has 0 fully saturated rings. The quantitative estimate of drug-likeness (QED) is 0.789. The molecule has 1 aliphatic heterocycles. The van der Waals surface area contributed by atoms with E-state index in [0.717, 1.165) is 36.8 Å². The molecule has 0 amide bonds. The van der Waals surface area contributed by atoms with Gasteiger partial charge in [0.05, 0.1) is 6.04 Å². The van der Waals surface area contributed by atoms with Crippen molar-refractivity contribution < 1.29 is 0 Å². The Morgan fingerprint density at radius 1 is 1.39 bits per heavy atom. The number of fused-ring (bicyclic) bond motifs is 1. The van der Waals surface area contributed by atoms with E-state index in [4.69, 9.17) is 5.73 Å². The van der Waals surface area contributed by atoms with Crippen LogP contribution >= 0.6 is 0 Å². The van der Waals surface area contributed by atoms with Gasteiger partial charge in [-0.1, -0.05) is 19.1 Å². The van der Waals surface area contributed by atoms with Crippen LogP contribution in [0.4, 0.5) is 11.6 Å². The Morgan fingerprint density at radius 2 is 2.17 bits per heavy atom. The summed E-state index contributed by atoms with van der Waals surface area (Å²) < 4.78 is 1.99. The van der Waals surface area contributed by atoms with Crippen LogP contribution in [0.15, 0.2) is 24.3 Å². The number of nitrogens with zero attached hydrogens (tertiary/aromatic N) is 3. The second-order valence-corrected chi connectivity index (χ2v) is 4.55. The van der Waals surface area contributed by atoms with Gasteiger partial charge in [-0.3, -0.25) is 0 Å². The first-order valence-electron chi connectivity index (χ1n) is 6.32. The predicted molar refractivity (Wildman–Crippen MR) is 71.5 cm³/mol. The Bertz CT molecular complexity index is 543. The van der Waals surface area contributed by atoms with Gasteiger partial charge in [0, 0.05) is 18.7 Å². The largest absolute Gasteiger partial charge is 0.399 e. The Morgan fingerprint density at radius 3 is 2.89 bits per heavy atom. The fourth-order valence-electron chi connectivity index (χ4n) is 2.32. The van der Waals surface area contributed by atoms with Crippen LogP contribution in [0.3, 0.4) is 0 Å². The Labute approximate surface area is 106 Å². The van der Waals surface area contributed by atoms with Crippen LogP contribution in [-0.4, -0.2) is 21.3 Å². The first-order chi connectivity index (χ1) is 8.78. The number of nitrogens with two attached hydrogens (primary N) is 1. The second-order valence-electron chi connectivity index (χ2n) is 4.55. The molecule has 2 heterocycles. The van der Waals surface area contributed by atoms with Gasteiger partial charge >= 0.3 is 0 Å². The van der Waals surface area contributed by atoms with Gasteiger partial charge in [0.2, 0.25) is 5.95 Å². The molecule has 0 saturated carbocycles. The monoisotopic (exact) mass is 243 g/mol. The number of nitrogen functional groups attached to an aromatic ring is 1. The van der Waals surface area contributed by atoms with Crippen molar-refractivity contribution in [2.24, 2.45) is 0 Å². The Hall–Kier alpha value is -2.04. The minimum absolute atomic E-state index is 0.259. The molecule has 0 spiro atoms. The average Bonchev–Trinajstić information content (AvgIpc) is 2.82. The molecule has 1 unspecified atom stereocenters. The highest BCUT2D eigenvalue weighted by molar-refractivity contribution is 5.41. The number of nitrogens with one attached hydrogen (secondary N) is 1. The molecule has 3 rings (SSSR count). The first kappa shape index (κ1) is 11.1. The summed E-state index contributed by atoms with van der Waals surface area (Å²) in [5.41, 5.74) is 7.76. The Kier molecular flexibility index (Phi) is 2.66. The van der Waals surface area contributed by atoms with Crippen LogP contribution in [0, 0.1) is 0 Å². The zero-order chi connectivity index (χ0) is 12.5. The molecule has 5 heteroatoms. The third-order valence-corrected chi connectivity index (χ3v) is 3.31. The highest BCUT2D eigenvalue weighted by Gasteiger charge is 2.23. The van der Waals surface area contributed by atoms with Crippen LogP contribution in [0.1, 0.15) is 30.8 Å². The van der Waals surface area contributed by atoms with Gasteiger partial charge in [0.15, 0.2) is 5.82 Å². The van der Waals surface area contributed by atoms with Crippen molar-refractivity contribution in [2.75, 3.05) is 17.6 Å². The number of hydrogen-bond acceptors (Lipinski definition) is 4. The number of aromatic nitrogens is 3. The van der Waals surface area contributed by atoms with E-state index < -0.39 is 0 Å². The van der Waals surface area contributed by atoms with E-state index in [0.29, 0.717) is 0 Å². The summed E-state index contributed by atoms with van der Waals surface area (Å²) in [6.45, 7) is 3.00. The molecule has 2 aromatic rings. The zero-order valence-corrected chi connectivity index (χ0v) is 10.4. The topological polar surface area (TPSA) is 68.8 Å². The minimum atomic E-state index is 0.259. The number of aryl methyl sites for hydroxylation is 1. The van der Waals surface area contributed by atoms with Gasteiger partial charge in [0.1, 0.15) is 0 Å². The SMILES string of the molecule is CCc1nc2n(n1)C(c1ccc(N)cc1)CCN2. The van der Waals surface area contributed by atoms with Crippen molar-refractivity contribution in [3.05, 3.63) is 35.7 Å². The summed E-state index contributed by atoms with van der Waals surface area (Å²) in [6.07, 6.45) is 1.87. The van der Waals surface area contributed by atoms with Gasteiger partial charge in [-0.25, -0.2) is 4.68 Å². The summed E-state index contributed by atoms with van der Waals surface area (Å²) in [4.78, 5) is 4.48. The van der Waals surface area contributed by atoms with E-state index in [1.54, 1.807) is 0 Å². The summed E-state index contributed by atoms with van der Waals surface area (Å²) in [5.74, 6) is 1.76. The van der Waals surface area contributed by atoms with E-state index in [2.05, 4.69) is 34.5 Å². The van der Waals surface area contributed by atoms with Gasteiger partial charge in [0.25, 0.3) is 0 Å². The zero-order valence-electron chi connectivity index (χ0n) is 10.4. The lowest BCUT2D eigenvalue weighted by molar-refractivity contribution is 0.477. The van der Waals surface area contributed by atoms with Crippen molar-refractivity contribution in [1.29, 1.82) is 0 Å². The minimum Gasteiger partial charge on any atom is -0.399 e. The number of hydrogen-bond donors (Lipinski definition) is 2. The summed E-state index contributed by atoms with van der Waals surface area (Å²) in [5, 5.41) is 7.85. The van der Waals surface area contributed by atoms with E-state index in [9.17, 15) is 0 Å². The molecule has 18 heavy (non-hydrogen) atoms. The maximum Gasteiger partial charge on any atom is 0.221 e. The van der Waals surface area contributed by atoms with Crippen molar-refractivity contribution in [3.8, 4) is 0 Å². The van der Waals surface area contributed by atoms with E-state index in [1.165, 1.54) is 5.56 Å². The Balaban J connectivity index is 2.00. The molecule has 1 aromatic heterocycles. The van der Waals surface area contributed by atoms with Crippen molar-refractivity contribution in [2.45, 2.75) is 25.8 Å². The van der Waals surface area contributed by atoms with Gasteiger partial charge in [-0.2, -0.15) is 10.1 Å². The van der Waals surface area contributed by atoms with Crippen molar-refractivity contribution in [1.82, 2.24) is 14.8 Å². The molecule has 1 aliphatic rings. The molecule has 0 bridgehead atoms. The summed E-state index contributed by atoms with van der Waals surface area (Å²) in [7, 11) is 0. The van der Waals surface area contributed by atoms with E-state index >= 15 is 0 Å². The molecular weight excluding hydrogens is 226 g/mol. The molecule has 3 N–H and O–H groups in total. The molecule has 5 nitrogen and oxygen atoms in total. The maximum atomic E-state index is 5.73. The van der Waals surface area contributed by atoms with Crippen LogP contribution in [0.5, 0.6) is 0 Å². The molecule has 1 atom stereocenters. The maximum absolute atomic E-state index is 5.73. The van der Waals surface area contributed by atoms with Gasteiger partial charge in [-0.15, -0.1) is 0 Å². The second kappa shape index (κ2) is 4.33. The first-order valence-corrected chi connectivity index (χ1v) is 6.32. The fourth-order valence-corrected chi connectivity index (χ4v) is 2.32. The van der Waals surface area contributed by atoms with Gasteiger partial charge < -0.3 is 11.1 Å². The van der Waals surface area contributed by atoms with E-state index in [1.807, 2.05) is 16.8 Å². The van der Waals surface area contributed by atoms with Crippen molar-refractivity contribution >= 4 is 11.6 Å². The van der Waals surface area contributed by atoms with Gasteiger partial charge in [-0.05, 0) is 24.1 Å². The standard InChI is InChI=1S/C13H17N5/c1-2-12-16-13-15-8-7-11(18(13)17-12)9-3-5-10(14)6-4-9/h3-6,11H,2,7-8,14H2,1H3,(H,15,16,17). The van der Waals surface area contributed by atoms with Crippen molar-refractivity contribution in [3.63, 3.8) is 0 Å². The molecule has 0 aliphatic carbocycles. The van der Waals surface area contributed by atoms with Crippen LogP contribution in [0.2, 0.25) is 0 Å². The normalized spacial score (nSPS) is 18.2. The van der Waals surface area contributed by atoms with Crippen LogP contribution in [0.25, 0.3) is 0 Å². The smallest absolute Gasteiger partial charge is 0.221 e. The van der Waals surface area contributed by atoms with Crippen LogP contribution < -0.4 is 11.1 Å². The third kappa shape index (κ3) is 1.81. The highest BCUT2D eigenvalue weighted by atomic mass is 15.4. The molecule has 0 saturated heterocycles. The highest BCUT2D eigenvalue weighted by Crippen LogP contribution is 2.28. The lowest BCUT2D eigenvalue weighted by Crippen LogP contribution is -2.24. The predicted octanol–water partition coefficient (Wildman–Crippen LogP) is 1.83. The average molecular weight is 243 g/mol. The fraction of sp³-hybridized carbons (Fsp3) is 0.385. The molecule has 94 valence electrons. The number of anilines is 2. The molecule has 0 radical (unpaired) electrons. The molecular formula is C13H17N5.